The van der Waals surface area contributed by atoms with Crippen molar-refractivity contribution in [3.05, 3.63) is 17.4 Å². The number of nitrogens with one attached hydrogen (secondary N) is 1. The Morgan fingerprint density at radius 3 is 2.67 bits per heavy atom. The van der Waals surface area contributed by atoms with Crippen LogP contribution in [0.2, 0.25) is 0 Å². The number of furan rings is 1. The molecule has 0 aromatic carbocycles. The fourth-order valence-corrected chi connectivity index (χ4v) is 2.20. The molecular formula is C9H15ClN2O5S. The molecule has 104 valence electrons. The summed E-state index contributed by atoms with van der Waals surface area (Å²) >= 11 is 0. The Labute approximate surface area is 111 Å². The van der Waals surface area contributed by atoms with E-state index < -0.39 is 16.0 Å². The van der Waals surface area contributed by atoms with Crippen molar-refractivity contribution in [2.75, 3.05) is 20.2 Å². The van der Waals surface area contributed by atoms with Gasteiger partial charge in [-0.3, -0.25) is 0 Å². The minimum atomic E-state index is -3.77. The zero-order valence-electron chi connectivity index (χ0n) is 9.93. The maximum absolute atomic E-state index is 11.7. The van der Waals surface area contributed by atoms with E-state index in [4.69, 9.17) is 10.2 Å². The highest BCUT2D eigenvalue weighted by Gasteiger charge is 2.23. The second-order valence-electron chi connectivity index (χ2n) is 3.21. The first-order chi connectivity index (χ1) is 7.92. The van der Waals surface area contributed by atoms with Gasteiger partial charge in [-0.25, -0.2) is 17.9 Å². The summed E-state index contributed by atoms with van der Waals surface area (Å²) in [5, 5.41) is -0.330. The van der Waals surface area contributed by atoms with Gasteiger partial charge in [0.2, 0.25) is 5.09 Å². The molecule has 1 aromatic rings. The van der Waals surface area contributed by atoms with Crippen LogP contribution in [-0.2, 0) is 14.8 Å². The molecule has 9 heteroatoms. The Bertz CT molecular complexity index is 511. The largest absolute Gasteiger partial charge is 0.465 e. The van der Waals surface area contributed by atoms with E-state index in [-0.39, 0.29) is 41.9 Å². The summed E-state index contributed by atoms with van der Waals surface area (Å²) in [6.07, 6.45) is 0. The van der Waals surface area contributed by atoms with Gasteiger partial charge in [0.1, 0.15) is 11.3 Å². The summed E-state index contributed by atoms with van der Waals surface area (Å²) in [7, 11) is -2.57. The molecule has 1 heterocycles. The summed E-state index contributed by atoms with van der Waals surface area (Å²) in [5.41, 5.74) is 5.27. The van der Waals surface area contributed by atoms with Crippen molar-refractivity contribution in [3.63, 3.8) is 0 Å². The van der Waals surface area contributed by atoms with E-state index in [1.54, 1.807) is 0 Å². The van der Waals surface area contributed by atoms with Gasteiger partial charge in [-0.2, -0.15) is 0 Å². The summed E-state index contributed by atoms with van der Waals surface area (Å²) in [4.78, 5) is 11.3. The molecule has 0 aliphatic rings. The summed E-state index contributed by atoms with van der Waals surface area (Å²) in [5.74, 6) is -0.462. The predicted molar refractivity (Wildman–Crippen MR) is 66.3 cm³/mol. The van der Waals surface area contributed by atoms with Crippen LogP contribution in [0.5, 0.6) is 0 Å². The number of carbonyl (C=O) groups excluding carboxylic acids is 1. The predicted octanol–water partition coefficient (Wildman–Crippen LogP) is 0.0334. The van der Waals surface area contributed by atoms with Gasteiger partial charge in [0.25, 0.3) is 10.0 Å². The van der Waals surface area contributed by atoms with E-state index >= 15 is 0 Å². The fourth-order valence-electron chi connectivity index (χ4n) is 1.16. The molecule has 0 aliphatic carbocycles. The number of rotatable bonds is 5. The molecule has 0 spiro atoms. The van der Waals surface area contributed by atoms with E-state index in [0.29, 0.717) is 0 Å². The number of hydrogen-bond acceptors (Lipinski definition) is 6. The third kappa shape index (κ3) is 3.70. The van der Waals surface area contributed by atoms with Crippen molar-refractivity contribution in [1.82, 2.24) is 4.72 Å². The quantitative estimate of drug-likeness (QED) is 0.742. The number of sulfonamides is 1. The molecule has 0 bridgehead atoms. The normalized spacial score (nSPS) is 10.8. The van der Waals surface area contributed by atoms with E-state index in [2.05, 4.69) is 9.46 Å². The number of halogens is 1. The number of methoxy groups -OCH3 is 1. The lowest BCUT2D eigenvalue weighted by atomic mass is 10.3. The van der Waals surface area contributed by atoms with Crippen molar-refractivity contribution >= 4 is 28.4 Å². The van der Waals surface area contributed by atoms with Crippen molar-refractivity contribution in [1.29, 1.82) is 0 Å². The van der Waals surface area contributed by atoms with Crippen molar-refractivity contribution in [2.24, 2.45) is 5.73 Å². The number of aryl methyl sites for hydroxylation is 1. The van der Waals surface area contributed by atoms with Gasteiger partial charge in [0.15, 0.2) is 0 Å². The number of hydrogen-bond donors (Lipinski definition) is 2. The monoisotopic (exact) mass is 298 g/mol. The van der Waals surface area contributed by atoms with E-state index in [1.807, 2.05) is 0 Å². The van der Waals surface area contributed by atoms with Crippen LogP contribution in [0.15, 0.2) is 15.6 Å². The molecule has 0 saturated heterocycles. The van der Waals surface area contributed by atoms with Gasteiger partial charge in [-0.05, 0) is 6.92 Å². The molecule has 1 rings (SSSR count). The Morgan fingerprint density at radius 2 is 2.17 bits per heavy atom. The summed E-state index contributed by atoms with van der Waals surface area (Å²) in [6.45, 7) is 1.74. The number of carbonyl (C=O) groups is 1. The van der Waals surface area contributed by atoms with Crippen molar-refractivity contribution in [2.45, 2.75) is 12.0 Å². The Hall–Kier alpha value is -1.09. The number of esters is 1. The maximum Gasteiger partial charge on any atom is 0.341 e. The zero-order chi connectivity index (χ0) is 13.1. The van der Waals surface area contributed by atoms with Gasteiger partial charge in [0, 0.05) is 19.2 Å². The average molecular weight is 299 g/mol. The Balaban J connectivity index is 0.00000289. The van der Waals surface area contributed by atoms with Gasteiger partial charge >= 0.3 is 5.97 Å². The van der Waals surface area contributed by atoms with Gasteiger partial charge in [0.05, 0.1) is 7.11 Å². The molecule has 0 aliphatic heterocycles. The van der Waals surface area contributed by atoms with E-state index in [1.165, 1.54) is 14.0 Å². The highest BCUT2D eigenvalue weighted by molar-refractivity contribution is 7.89. The highest BCUT2D eigenvalue weighted by Crippen LogP contribution is 2.19. The highest BCUT2D eigenvalue weighted by atomic mass is 35.5. The van der Waals surface area contributed by atoms with Gasteiger partial charge in [-0.1, -0.05) is 0 Å². The lowest BCUT2D eigenvalue weighted by Crippen LogP contribution is -2.28. The topological polar surface area (TPSA) is 112 Å². The maximum atomic E-state index is 11.7. The third-order valence-corrected chi connectivity index (χ3v) is 3.32. The van der Waals surface area contributed by atoms with Gasteiger partial charge < -0.3 is 14.9 Å². The molecule has 1 aromatic heterocycles. The second-order valence-corrected chi connectivity index (χ2v) is 4.91. The number of nitrogens with two attached hydrogens (primary N) is 1. The van der Waals surface area contributed by atoms with E-state index in [9.17, 15) is 13.2 Å². The van der Waals surface area contributed by atoms with Crippen LogP contribution in [0, 0.1) is 6.92 Å². The molecule has 0 saturated carbocycles. The first-order valence-corrected chi connectivity index (χ1v) is 6.29. The molecule has 0 fully saturated rings. The molecule has 0 radical (unpaired) electrons. The Morgan fingerprint density at radius 1 is 1.56 bits per heavy atom. The first kappa shape index (κ1) is 16.9. The summed E-state index contributed by atoms with van der Waals surface area (Å²) < 4.78 is 35.0. The van der Waals surface area contributed by atoms with Crippen LogP contribution in [-0.4, -0.2) is 34.6 Å². The number of ether oxygens (including phenoxy) is 1. The SMILES string of the molecule is COC(=O)c1cc(S(=O)(=O)NCCN)oc1C.Cl. The minimum absolute atomic E-state index is 0. The standard InChI is InChI=1S/C9H14N2O5S.ClH/c1-6-7(9(12)15-2)5-8(16-6)17(13,14)11-4-3-10;/h5,11H,3-4,10H2,1-2H3;1H. The van der Waals surface area contributed by atoms with Crippen molar-refractivity contribution in [3.8, 4) is 0 Å². The fraction of sp³-hybridized carbons (Fsp3) is 0.444. The van der Waals surface area contributed by atoms with Crippen LogP contribution >= 0.6 is 12.4 Å². The van der Waals surface area contributed by atoms with E-state index in [0.717, 1.165) is 6.07 Å². The van der Waals surface area contributed by atoms with Crippen LogP contribution in [0.4, 0.5) is 0 Å². The lowest BCUT2D eigenvalue weighted by molar-refractivity contribution is 0.0599. The molecule has 0 unspecified atom stereocenters. The lowest BCUT2D eigenvalue weighted by Gasteiger charge is -2.00. The molecular weight excluding hydrogens is 284 g/mol. The molecule has 3 N–H and O–H groups in total. The minimum Gasteiger partial charge on any atom is -0.465 e. The Kier molecular flexibility index (Phi) is 6.33. The summed E-state index contributed by atoms with van der Waals surface area (Å²) in [6, 6.07) is 1.13. The van der Waals surface area contributed by atoms with Gasteiger partial charge in [-0.15, -0.1) is 12.4 Å². The van der Waals surface area contributed by atoms with Crippen molar-refractivity contribution < 1.29 is 22.4 Å². The first-order valence-electron chi connectivity index (χ1n) is 4.81. The average Bonchev–Trinajstić information content (AvgIpc) is 2.68. The smallest absolute Gasteiger partial charge is 0.341 e. The third-order valence-electron chi connectivity index (χ3n) is 2.00. The van der Waals surface area contributed by atoms with Crippen LogP contribution < -0.4 is 10.5 Å². The van der Waals surface area contributed by atoms with Crippen LogP contribution in [0.3, 0.4) is 0 Å². The molecule has 0 amide bonds. The zero-order valence-corrected chi connectivity index (χ0v) is 11.6. The molecule has 0 atom stereocenters. The molecule has 18 heavy (non-hydrogen) atoms. The second kappa shape index (κ2) is 6.74. The van der Waals surface area contributed by atoms with Crippen LogP contribution in [0.1, 0.15) is 16.1 Å². The van der Waals surface area contributed by atoms with Crippen LogP contribution in [0.25, 0.3) is 0 Å². The molecule has 7 nitrogen and oxygen atoms in total.